The zero-order valence-corrected chi connectivity index (χ0v) is 12.8. The maximum absolute atomic E-state index is 12.4. The molecule has 3 heterocycles. The highest BCUT2D eigenvalue weighted by Crippen LogP contribution is 2.19. The predicted molar refractivity (Wildman–Crippen MR) is 79.2 cm³/mol. The van der Waals surface area contributed by atoms with E-state index in [1.165, 1.54) is 0 Å². The van der Waals surface area contributed by atoms with E-state index in [1.54, 1.807) is 0 Å². The molecule has 3 aliphatic rings. The lowest BCUT2D eigenvalue weighted by Gasteiger charge is -2.37. The highest BCUT2D eigenvalue weighted by molar-refractivity contribution is 5.82. The number of nitrogens with one attached hydrogen (secondary N) is 1. The number of carbonyl (C=O) groups is 1. The Morgan fingerprint density at radius 2 is 1.81 bits per heavy atom. The zero-order valence-electron chi connectivity index (χ0n) is 12.8. The lowest BCUT2D eigenvalue weighted by Crippen LogP contribution is -2.54. The summed E-state index contributed by atoms with van der Waals surface area (Å²) in [5.74, 6) is 0.947. The number of ether oxygens (including phenoxy) is 2. The van der Waals surface area contributed by atoms with Gasteiger partial charge in [0.05, 0.1) is 26.4 Å². The van der Waals surface area contributed by atoms with Gasteiger partial charge >= 0.3 is 0 Å². The summed E-state index contributed by atoms with van der Waals surface area (Å²) in [5.41, 5.74) is 0. The molecule has 0 aromatic carbocycles. The topological polar surface area (TPSA) is 54.0 Å². The molecule has 1 unspecified atom stereocenters. The van der Waals surface area contributed by atoms with E-state index in [-0.39, 0.29) is 11.9 Å². The molecular weight excluding hydrogens is 270 g/mol. The van der Waals surface area contributed by atoms with Gasteiger partial charge in [0.25, 0.3) is 0 Å². The van der Waals surface area contributed by atoms with Crippen LogP contribution in [0.4, 0.5) is 0 Å². The Hall–Kier alpha value is -0.690. The van der Waals surface area contributed by atoms with Crippen LogP contribution in [0.2, 0.25) is 0 Å². The normalized spacial score (nSPS) is 29.5. The van der Waals surface area contributed by atoms with Gasteiger partial charge in [0.15, 0.2) is 0 Å². The third kappa shape index (κ3) is 4.16. The number of likely N-dealkylation sites (tertiary alicyclic amines) is 1. The Balaban J connectivity index is 1.40. The molecule has 3 aliphatic heterocycles. The van der Waals surface area contributed by atoms with Crippen LogP contribution in [-0.4, -0.2) is 87.4 Å². The number of rotatable bonds is 3. The smallest absolute Gasteiger partial charge is 0.242 e. The first-order valence-electron chi connectivity index (χ1n) is 8.23. The number of morpholine rings is 2. The van der Waals surface area contributed by atoms with Gasteiger partial charge in [-0.3, -0.25) is 9.69 Å². The Morgan fingerprint density at radius 1 is 1.05 bits per heavy atom. The van der Waals surface area contributed by atoms with Gasteiger partial charge in [0, 0.05) is 39.3 Å². The summed E-state index contributed by atoms with van der Waals surface area (Å²) in [4.78, 5) is 16.9. The molecule has 1 atom stereocenters. The van der Waals surface area contributed by atoms with Crippen molar-refractivity contribution >= 4 is 5.91 Å². The minimum Gasteiger partial charge on any atom is -0.379 e. The van der Waals surface area contributed by atoms with Crippen LogP contribution in [0.5, 0.6) is 0 Å². The van der Waals surface area contributed by atoms with E-state index in [9.17, 15) is 4.79 Å². The van der Waals surface area contributed by atoms with Crippen molar-refractivity contribution in [2.45, 2.75) is 18.9 Å². The molecule has 0 saturated carbocycles. The average Bonchev–Trinajstić information content (AvgIpc) is 2.57. The molecule has 120 valence electrons. The monoisotopic (exact) mass is 297 g/mol. The zero-order chi connectivity index (χ0) is 14.5. The highest BCUT2D eigenvalue weighted by atomic mass is 16.5. The second kappa shape index (κ2) is 7.54. The summed E-state index contributed by atoms with van der Waals surface area (Å²) in [6.07, 6.45) is 2.24. The van der Waals surface area contributed by atoms with Crippen molar-refractivity contribution < 1.29 is 14.3 Å². The van der Waals surface area contributed by atoms with E-state index in [2.05, 4.69) is 10.2 Å². The molecule has 1 N–H and O–H groups in total. The number of hydrogen-bond donors (Lipinski definition) is 1. The molecular formula is C15H27N3O3. The Kier molecular flexibility index (Phi) is 5.46. The van der Waals surface area contributed by atoms with Crippen LogP contribution in [-0.2, 0) is 14.3 Å². The third-order valence-corrected chi connectivity index (χ3v) is 4.77. The Morgan fingerprint density at radius 3 is 2.48 bits per heavy atom. The summed E-state index contributed by atoms with van der Waals surface area (Å²) < 4.78 is 10.8. The van der Waals surface area contributed by atoms with Crippen molar-refractivity contribution in [3.8, 4) is 0 Å². The second-order valence-electron chi connectivity index (χ2n) is 6.26. The van der Waals surface area contributed by atoms with Crippen LogP contribution in [0, 0.1) is 5.92 Å². The van der Waals surface area contributed by atoms with Crippen LogP contribution in [0.1, 0.15) is 12.8 Å². The highest BCUT2D eigenvalue weighted by Gasteiger charge is 2.30. The SMILES string of the molecule is O=C(C1COCCN1)N1CCC(CN2CCOCC2)CC1. The standard InChI is InChI=1S/C15H27N3O3/c19-15(14-12-21-8-3-16-14)18-4-1-13(2-5-18)11-17-6-9-20-10-7-17/h13-14,16H,1-12H2. The molecule has 0 radical (unpaired) electrons. The Labute approximate surface area is 126 Å². The van der Waals surface area contributed by atoms with E-state index in [0.29, 0.717) is 13.2 Å². The van der Waals surface area contributed by atoms with Crippen molar-refractivity contribution in [1.82, 2.24) is 15.1 Å². The largest absolute Gasteiger partial charge is 0.379 e. The molecule has 3 fully saturated rings. The van der Waals surface area contributed by atoms with E-state index in [0.717, 1.165) is 71.2 Å². The van der Waals surface area contributed by atoms with E-state index in [4.69, 9.17) is 9.47 Å². The minimum absolute atomic E-state index is 0.130. The fraction of sp³-hybridized carbons (Fsp3) is 0.933. The van der Waals surface area contributed by atoms with Gasteiger partial charge in [-0.15, -0.1) is 0 Å². The molecule has 6 nitrogen and oxygen atoms in total. The summed E-state index contributed by atoms with van der Waals surface area (Å²) in [7, 11) is 0. The van der Waals surface area contributed by atoms with E-state index >= 15 is 0 Å². The third-order valence-electron chi connectivity index (χ3n) is 4.77. The number of hydrogen-bond acceptors (Lipinski definition) is 5. The van der Waals surface area contributed by atoms with Gasteiger partial charge < -0.3 is 19.7 Å². The van der Waals surface area contributed by atoms with Crippen molar-refractivity contribution in [3.63, 3.8) is 0 Å². The first-order chi connectivity index (χ1) is 10.3. The summed E-state index contributed by atoms with van der Waals surface area (Å²) in [6, 6.07) is -0.130. The molecule has 1 amide bonds. The van der Waals surface area contributed by atoms with Crippen molar-refractivity contribution in [3.05, 3.63) is 0 Å². The van der Waals surface area contributed by atoms with Crippen molar-refractivity contribution in [2.24, 2.45) is 5.92 Å². The van der Waals surface area contributed by atoms with Crippen LogP contribution in [0.15, 0.2) is 0 Å². The summed E-state index contributed by atoms with van der Waals surface area (Å²) >= 11 is 0. The van der Waals surface area contributed by atoms with Gasteiger partial charge in [0.1, 0.15) is 6.04 Å². The first-order valence-corrected chi connectivity index (χ1v) is 8.23. The van der Waals surface area contributed by atoms with Crippen molar-refractivity contribution in [1.29, 1.82) is 0 Å². The predicted octanol–water partition coefficient (Wildman–Crippen LogP) is -0.454. The first kappa shape index (κ1) is 15.2. The number of piperidine rings is 1. The maximum atomic E-state index is 12.4. The molecule has 3 saturated heterocycles. The van der Waals surface area contributed by atoms with Crippen LogP contribution >= 0.6 is 0 Å². The Bertz CT molecular complexity index is 333. The molecule has 0 spiro atoms. The molecule has 0 bridgehead atoms. The second-order valence-corrected chi connectivity index (χ2v) is 6.26. The molecule has 0 aromatic heterocycles. The van der Waals surface area contributed by atoms with Gasteiger partial charge in [-0.05, 0) is 18.8 Å². The molecule has 6 heteroatoms. The molecule has 0 aliphatic carbocycles. The van der Waals surface area contributed by atoms with Gasteiger partial charge in [-0.2, -0.15) is 0 Å². The number of carbonyl (C=O) groups excluding carboxylic acids is 1. The lowest BCUT2D eigenvalue weighted by molar-refractivity contribution is -0.137. The van der Waals surface area contributed by atoms with Crippen LogP contribution < -0.4 is 5.32 Å². The summed E-state index contributed by atoms with van der Waals surface area (Å²) in [6.45, 7) is 8.82. The van der Waals surface area contributed by atoms with E-state index < -0.39 is 0 Å². The summed E-state index contributed by atoms with van der Waals surface area (Å²) in [5, 5.41) is 3.25. The molecule has 21 heavy (non-hydrogen) atoms. The van der Waals surface area contributed by atoms with Crippen LogP contribution in [0.25, 0.3) is 0 Å². The quantitative estimate of drug-likeness (QED) is 0.764. The van der Waals surface area contributed by atoms with Gasteiger partial charge in [-0.25, -0.2) is 0 Å². The molecule has 3 rings (SSSR count). The van der Waals surface area contributed by atoms with Crippen molar-refractivity contribution in [2.75, 3.05) is 65.7 Å². The van der Waals surface area contributed by atoms with Crippen LogP contribution in [0.3, 0.4) is 0 Å². The fourth-order valence-electron chi connectivity index (χ4n) is 3.43. The maximum Gasteiger partial charge on any atom is 0.242 e. The number of nitrogens with zero attached hydrogens (tertiary/aromatic N) is 2. The lowest BCUT2D eigenvalue weighted by atomic mass is 9.95. The number of amides is 1. The fourth-order valence-corrected chi connectivity index (χ4v) is 3.43. The average molecular weight is 297 g/mol. The minimum atomic E-state index is -0.130. The van der Waals surface area contributed by atoms with Gasteiger partial charge in [0.2, 0.25) is 5.91 Å². The van der Waals surface area contributed by atoms with E-state index in [1.807, 2.05) is 4.90 Å². The molecule has 0 aromatic rings. The van der Waals surface area contributed by atoms with Gasteiger partial charge in [-0.1, -0.05) is 0 Å².